The summed E-state index contributed by atoms with van der Waals surface area (Å²) in [5.41, 5.74) is 5.05. The highest BCUT2D eigenvalue weighted by Gasteiger charge is 2.20. The molecule has 0 saturated heterocycles. The molecular formula is C24H16ClN5O. The summed E-state index contributed by atoms with van der Waals surface area (Å²) in [5.74, 6) is 0.0978. The van der Waals surface area contributed by atoms with Crippen LogP contribution in [-0.4, -0.2) is 20.2 Å². The molecule has 0 atom stereocenters. The van der Waals surface area contributed by atoms with Crippen LogP contribution in [0.4, 0.5) is 5.82 Å². The van der Waals surface area contributed by atoms with Crippen molar-refractivity contribution in [3.05, 3.63) is 70.6 Å². The molecule has 3 heterocycles. The van der Waals surface area contributed by atoms with Gasteiger partial charge in [0, 0.05) is 41.3 Å². The Morgan fingerprint density at radius 3 is 2.81 bits per heavy atom. The van der Waals surface area contributed by atoms with Crippen molar-refractivity contribution in [2.24, 2.45) is 0 Å². The number of ketones is 1. The molecule has 4 rings (SSSR count). The van der Waals surface area contributed by atoms with E-state index in [2.05, 4.69) is 22.4 Å². The smallest absolute Gasteiger partial charge is 0.163 e. The fourth-order valence-electron chi connectivity index (χ4n) is 3.52. The number of halogens is 1. The number of nitrogens with zero attached hydrogens (tertiary/aromatic N) is 4. The molecule has 0 aliphatic heterocycles. The third-order valence-electron chi connectivity index (χ3n) is 5.06. The van der Waals surface area contributed by atoms with Crippen LogP contribution in [0.1, 0.15) is 28.4 Å². The van der Waals surface area contributed by atoms with Gasteiger partial charge in [0.2, 0.25) is 0 Å². The van der Waals surface area contributed by atoms with Crippen molar-refractivity contribution in [2.45, 2.75) is 13.8 Å². The van der Waals surface area contributed by atoms with Crippen molar-refractivity contribution < 1.29 is 4.79 Å². The number of imidazole rings is 1. The number of nitrogens with one attached hydrogen (secondary N) is 1. The van der Waals surface area contributed by atoms with E-state index in [9.17, 15) is 10.1 Å². The number of pyridine rings is 2. The molecule has 0 aliphatic rings. The van der Waals surface area contributed by atoms with E-state index in [1.165, 1.54) is 6.92 Å². The summed E-state index contributed by atoms with van der Waals surface area (Å²) < 4.78 is 1.81. The van der Waals surface area contributed by atoms with E-state index in [0.717, 1.165) is 16.7 Å². The zero-order chi connectivity index (χ0) is 22.1. The summed E-state index contributed by atoms with van der Waals surface area (Å²) in [5, 5.41) is 12.7. The second-order valence-corrected chi connectivity index (χ2v) is 7.34. The minimum Gasteiger partial charge on any atom is -0.305 e. The lowest BCUT2D eigenvalue weighted by molar-refractivity contribution is 0.101. The molecule has 7 heteroatoms. The first kappa shape index (κ1) is 20.2. The van der Waals surface area contributed by atoms with Crippen LogP contribution in [0.25, 0.3) is 28.0 Å². The number of rotatable bonds is 4. The highest BCUT2D eigenvalue weighted by molar-refractivity contribution is 6.33. The molecule has 31 heavy (non-hydrogen) atoms. The topological polar surface area (TPSA) is 83.1 Å². The van der Waals surface area contributed by atoms with Gasteiger partial charge in [-0.25, -0.2) is 9.97 Å². The van der Waals surface area contributed by atoms with E-state index in [0.29, 0.717) is 33.1 Å². The molecular weight excluding hydrogens is 410 g/mol. The lowest BCUT2D eigenvalue weighted by Gasteiger charge is -2.16. The highest BCUT2D eigenvalue weighted by atomic mass is 35.5. The van der Waals surface area contributed by atoms with Crippen molar-refractivity contribution in [1.82, 2.24) is 14.4 Å². The quantitative estimate of drug-likeness (QED) is 0.279. The van der Waals surface area contributed by atoms with Gasteiger partial charge in [-0.3, -0.25) is 10.1 Å². The van der Waals surface area contributed by atoms with Crippen molar-refractivity contribution in [1.29, 1.82) is 5.26 Å². The fraction of sp³-hybridized carbons (Fsp3) is 0.0833. The number of hydrogen-bond donors (Lipinski definition) is 1. The van der Waals surface area contributed by atoms with Crippen LogP contribution in [0.2, 0.25) is 5.02 Å². The Kier molecular flexibility index (Phi) is 5.17. The predicted molar refractivity (Wildman–Crippen MR) is 121 cm³/mol. The fourth-order valence-corrected chi connectivity index (χ4v) is 3.79. The number of terminal acetylenes is 1. The molecule has 1 aromatic carbocycles. The molecule has 0 saturated carbocycles. The monoisotopic (exact) mass is 425 g/mol. The van der Waals surface area contributed by atoms with Gasteiger partial charge in [-0.05, 0) is 37.6 Å². The Balaban J connectivity index is 2.09. The number of nitriles is 1. The van der Waals surface area contributed by atoms with Gasteiger partial charge in [-0.1, -0.05) is 30.2 Å². The molecule has 4 aromatic rings. The molecule has 3 aromatic heterocycles. The number of Topliss-reactive ketones (excluding diaryl/α,β-unsaturated/α-hetero) is 1. The van der Waals surface area contributed by atoms with Gasteiger partial charge < -0.3 is 4.40 Å². The molecule has 0 aliphatic carbocycles. The SMILES string of the molecule is C#CNc1nc(-c2cccc(C#N)c2C)c(-c2cc(Cl)c3nccn3c2)cc1C(C)=O. The number of carbonyl (C=O) groups excluding carboxylic acids is 1. The zero-order valence-electron chi connectivity index (χ0n) is 16.8. The maximum Gasteiger partial charge on any atom is 0.163 e. The molecule has 0 radical (unpaired) electrons. The van der Waals surface area contributed by atoms with Crippen molar-refractivity contribution in [2.75, 3.05) is 5.32 Å². The van der Waals surface area contributed by atoms with Gasteiger partial charge in [-0.15, -0.1) is 0 Å². The first-order valence-corrected chi connectivity index (χ1v) is 9.72. The van der Waals surface area contributed by atoms with E-state index in [1.54, 1.807) is 41.1 Å². The summed E-state index contributed by atoms with van der Waals surface area (Å²) in [6.45, 7) is 3.31. The zero-order valence-corrected chi connectivity index (χ0v) is 17.5. The number of fused-ring (bicyclic) bond motifs is 1. The first-order valence-electron chi connectivity index (χ1n) is 9.35. The number of anilines is 1. The average Bonchev–Trinajstić information content (AvgIpc) is 3.23. The van der Waals surface area contributed by atoms with Crippen LogP contribution in [0.5, 0.6) is 0 Å². The van der Waals surface area contributed by atoms with Gasteiger partial charge >= 0.3 is 0 Å². The Morgan fingerprint density at radius 2 is 2.10 bits per heavy atom. The first-order chi connectivity index (χ1) is 14.9. The second kappa shape index (κ2) is 7.95. The Bertz CT molecular complexity index is 1440. The summed E-state index contributed by atoms with van der Waals surface area (Å²) in [6, 6.07) is 13.5. The summed E-state index contributed by atoms with van der Waals surface area (Å²) in [7, 11) is 0. The Labute approximate surface area is 184 Å². The van der Waals surface area contributed by atoms with Crippen LogP contribution >= 0.6 is 11.6 Å². The van der Waals surface area contributed by atoms with Gasteiger partial charge in [0.05, 0.1) is 27.9 Å². The number of carbonyl (C=O) groups is 1. The van der Waals surface area contributed by atoms with Crippen molar-refractivity contribution >= 4 is 28.8 Å². The normalized spacial score (nSPS) is 10.5. The number of hydrogen-bond acceptors (Lipinski definition) is 5. The summed E-state index contributed by atoms with van der Waals surface area (Å²) in [4.78, 5) is 21.3. The molecule has 0 fully saturated rings. The van der Waals surface area contributed by atoms with E-state index < -0.39 is 0 Å². The third kappa shape index (κ3) is 3.50. The van der Waals surface area contributed by atoms with Gasteiger partial charge in [-0.2, -0.15) is 5.26 Å². The Hall–Kier alpha value is -4.13. The maximum atomic E-state index is 12.3. The third-order valence-corrected chi connectivity index (χ3v) is 5.33. The lowest BCUT2D eigenvalue weighted by Crippen LogP contribution is -2.06. The summed E-state index contributed by atoms with van der Waals surface area (Å²) >= 11 is 6.46. The van der Waals surface area contributed by atoms with Crippen molar-refractivity contribution in [3.63, 3.8) is 0 Å². The molecule has 0 spiro atoms. The second-order valence-electron chi connectivity index (χ2n) is 6.93. The minimum absolute atomic E-state index is 0.185. The van der Waals surface area contributed by atoms with E-state index in [4.69, 9.17) is 23.0 Å². The molecule has 6 nitrogen and oxygen atoms in total. The Morgan fingerprint density at radius 1 is 1.29 bits per heavy atom. The molecule has 0 amide bonds. The number of benzene rings is 1. The average molecular weight is 426 g/mol. The highest BCUT2D eigenvalue weighted by Crippen LogP contribution is 2.37. The predicted octanol–water partition coefficient (Wildman–Crippen LogP) is 5.10. The standard InChI is InChI=1S/C24H16ClN5O/c1-4-27-23-19(15(3)31)11-20(17-10-21(25)24-28-8-9-30(24)13-17)22(29-23)18-7-5-6-16(12-26)14(18)2/h1,5-11,13H,2-3H3,(H,27,29). The molecule has 150 valence electrons. The van der Waals surface area contributed by atoms with E-state index >= 15 is 0 Å². The molecule has 0 unspecified atom stereocenters. The van der Waals surface area contributed by atoms with Crippen LogP contribution in [0, 0.1) is 30.7 Å². The summed E-state index contributed by atoms with van der Waals surface area (Å²) in [6.07, 6.45) is 10.8. The maximum absolute atomic E-state index is 12.3. The molecule has 1 N–H and O–H groups in total. The lowest BCUT2D eigenvalue weighted by atomic mass is 9.93. The van der Waals surface area contributed by atoms with Gasteiger partial charge in [0.15, 0.2) is 11.4 Å². The van der Waals surface area contributed by atoms with Crippen LogP contribution in [0.15, 0.2) is 48.9 Å². The van der Waals surface area contributed by atoms with Crippen LogP contribution in [-0.2, 0) is 0 Å². The van der Waals surface area contributed by atoms with Crippen LogP contribution < -0.4 is 5.32 Å². The number of aromatic nitrogens is 3. The van der Waals surface area contributed by atoms with Crippen molar-refractivity contribution in [3.8, 4) is 40.9 Å². The van der Waals surface area contributed by atoms with E-state index in [-0.39, 0.29) is 11.6 Å². The largest absolute Gasteiger partial charge is 0.305 e. The van der Waals surface area contributed by atoms with Crippen LogP contribution in [0.3, 0.4) is 0 Å². The van der Waals surface area contributed by atoms with E-state index in [1.807, 2.05) is 19.2 Å². The van der Waals surface area contributed by atoms with Gasteiger partial charge in [0.25, 0.3) is 0 Å². The molecule has 0 bridgehead atoms. The van der Waals surface area contributed by atoms with Gasteiger partial charge in [0.1, 0.15) is 5.82 Å². The minimum atomic E-state index is -0.185.